The summed E-state index contributed by atoms with van der Waals surface area (Å²) in [5.74, 6) is 1.05. The summed E-state index contributed by atoms with van der Waals surface area (Å²) >= 11 is 0. The largest absolute Gasteiger partial charge is 0.493 e. The van der Waals surface area contributed by atoms with E-state index >= 15 is 0 Å². The average Bonchev–Trinajstić information content (AvgIpc) is 3.57. The number of fused-ring (bicyclic) bond motifs is 4. The van der Waals surface area contributed by atoms with Gasteiger partial charge in [-0.15, -0.1) is 9.81 Å². The lowest BCUT2D eigenvalue weighted by molar-refractivity contribution is -0.116. The van der Waals surface area contributed by atoms with E-state index in [9.17, 15) is 19.4 Å². The Hall–Kier alpha value is -7.48. The van der Waals surface area contributed by atoms with Gasteiger partial charge in [0.05, 0.1) is 25.0 Å². The minimum atomic E-state index is -1.14. The molecule has 9 rings (SSSR count). The number of carbonyl (C=O) groups is 2. The van der Waals surface area contributed by atoms with Gasteiger partial charge in [-0.2, -0.15) is 0 Å². The smallest absolute Gasteiger partial charge is 0.244 e. The summed E-state index contributed by atoms with van der Waals surface area (Å²) in [6.45, 7) is 11.9. The Labute approximate surface area is 370 Å². The molecule has 0 saturated carbocycles. The first-order valence-corrected chi connectivity index (χ1v) is 20.9. The van der Waals surface area contributed by atoms with Crippen LogP contribution >= 0.6 is 0 Å². The number of amides is 2. The van der Waals surface area contributed by atoms with Gasteiger partial charge in [0.2, 0.25) is 23.3 Å². The maximum atomic E-state index is 14.2. The third-order valence-electron chi connectivity index (χ3n) is 13.3. The van der Waals surface area contributed by atoms with Crippen LogP contribution in [0.5, 0.6) is 23.0 Å². The summed E-state index contributed by atoms with van der Waals surface area (Å²) in [5, 5.41) is 12.5. The van der Waals surface area contributed by atoms with Crippen molar-refractivity contribution in [1.82, 2.24) is 0 Å². The van der Waals surface area contributed by atoms with Crippen LogP contribution in [0.4, 0.5) is 34.1 Å². The van der Waals surface area contributed by atoms with Gasteiger partial charge in [0, 0.05) is 46.0 Å². The lowest BCUT2D eigenvalue weighted by Gasteiger charge is -2.47. The number of nitroso groups, excluding NO2 is 2. The first-order valence-electron chi connectivity index (χ1n) is 20.9. The van der Waals surface area contributed by atoms with Crippen molar-refractivity contribution >= 4 is 58.1 Å². The van der Waals surface area contributed by atoms with Crippen LogP contribution in [0.25, 0.3) is 12.2 Å². The van der Waals surface area contributed by atoms with Crippen LogP contribution in [-0.4, -0.2) is 50.6 Å². The first-order chi connectivity index (χ1) is 30.6. The Balaban J connectivity index is 0.963. The summed E-state index contributed by atoms with van der Waals surface area (Å²) in [7, 11) is 3.02. The van der Waals surface area contributed by atoms with E-state index in [1.807, 2.05) is 109 Å². The number of hydrogen-bond acceptors (Lipinski definition) is 12. The number of aryl methyl sites for hydroxylation is 2. The molecular formula is C50H48N6O8. The van der Waals surface area contributed by atoms with Crippen LogP contribution < -0.4 is 39.4 Å². The molecule has 0 radical (unpaired) electrons. The molecule has 0 fully saturated rings. The van der Waals surface area contributed by atoms with Gasteiger partial charge < -0.3 is 39.4 Å². The van der Waals surface area contributed by atoms with Gasteiger partial charge in [-0.05, 0) is 135 Å². The summed E-state index contributed by atoms with van der Waals surface area (Å²) in [4.78, 5) is 55.3. The number of nitrogens with zero attached hydrogens (tertiary/aromatic N) is 4. The van der Waals surface area contributed by atoms with E-state index in [1.54, 1.807) is 12.1 Å². The monoisotopic (exact) mass is 860 g/mol. The fourth-order valence-corrected chi connectivity index (χ4v) is 9.89. The van der Waals surface area contributed by atoms with E-state index in [-0.39, 0.29) is 36.3 Å². The minimum absolute atomic E-state index is 0.0647. The van der Waals surface area contributed by atoms with Gasteiger partial charge in [0.1, 0.15) is 24.5 Å². The molecule has 5 aromatic carbocycles. The molecule has 4 heterocycles. The normalized spacial score (nSPS) is 20.1. The van der Waals surface area contributed by atoms with Gasteiger partial charge >= 0.3 is 0 Å². The molecule has 2 amide bonds. The van der Waals surface area contributed by atoms with Crippen molar-refractivity contribution in [2.45, 2.75) is 63.8 Å². The second kappa shape index (κ2) is 15.1. The maximum absolute atomic E-state index is 14.2. The second-order valence-corrected chi connectivity index (χ2v) is 17.6. The molecule has 326 valence electrons. The minimum Gasteiger partial charge on any atom is -0.493 e. The van der Waals surface area contributed by atoms with E-state index in [1.165, 1.54) is 26.4 Å². The van der Waals surface area contributed by atoms with Crippen LogP contribution in [0.1, 0.15) is 61.1 Å². The highest BCUT2D eigenvalue weighted by molar-refractivity contribution is 5.99. The predicted octanol–water partition coefficient (Wildman–Crippen LogP) is 10.2. The Morgan fingerprint density at radius 1 is 0.609 bits per heavy atom. The quantitative estimate of drug-likeness (QED) is 0.129. The molecule has 14 heteroatoms. The molecule has 64 heavy (non-hydrogen) atoms. The number of nitrogens with one attached hydrogen (secondary N) is 2. The molecule has 0 aromatic heterocycles. The summed E-state index contributed by atoms with van der Waals surface area (Å²) in [5.41, 5.74) is 4.52. The maximum Gasteiger partial charge on any atom is 0.244 e. The fraction of sp³-hybridized carbons (Fsp3) is 0.280. The molecule has 0 saturated heterocycles. The third kappa shape index (κ3) is 6.21. The van der Waals surface area contributed by atoms with E-state index < -0.39 is 22.3 Å². The number of rotatable bonds is 10. The zero-order valence-corrected chi connectivity index (χ0v) is 36.9. The number of para-hydroxylation sites is 2. The first kappa shape index (κ1) is 41.9. The second-order valence-electron chi connectivity index (χ2n) is 17.6. The molecule has 2 N–H and O–H groups in total. The van der Waals surface area contributed by atoms with Crippen molar-refractivity contribution in [2.24, 2.45) is 10.4 Å². The lowest BCUT2D eigenvalue weighted by atomic mass is 9.76. The van der Waals surface area contributed by atoms with Crippen molar-refractivity contribution in [2.75, 3.05) is 47.7 Å². The van der Waals surface area contributed by atoms with Crippen LogP contribution in [0, 0.1) is 23.7 Å². The van der Waals surface area contributed by atoms with Crippen LogP contribution in [-0.2, 0) is 20.4 Å². The van der Waals surface area contributed by atoms with Gasteiger partial charge in [-0.1, -0.05) is 36.4 Å². The Morgan fingerprint density at radius 2 is 1.00 bits per heavy atom. The highest BCUT2D eigenvalue weighted by atomic mass is 16.6. The van der Waals surface area contributed by atoms with Crippen LogP contribution in [0.2, 0.25) is 0 Å². The van der Waals surface area contributed by atoms with Gasteiger partial charge in [0.15, 0.2) is 23.0 Å². The molecule has 14 nitrogen and oxygen atoms in total. The standard InChI is InChI=1S/C50H48N6O8/c1-29-21-38(52-44(58)28-56-40-16-12-10-14-36(40)48(5,6)50(56)20-18-32-24-34(54-60)26-42(62-8)46(32)64-50)30(2)22-37(29)51-43(57)27-55-39-15-11-9-13-35(39)47(3,4)49(55)19-17-31-23-33(53-59)25-41(61-7)45(31)63-49/h9-26H,27-28H2,1-8H3,(H,51,57)(H,52,58). The summed E-state index contributed by atoms with van der Waals surface area (Å²) in [6.07, 6.45) is 7.64. The Bertz CT molecular complexity index is 2680. The summed E-state index contributed by atoms with van der Waals surface area (Å²) < 4.78 is 25.2. The molecular weight excluding hydrogens is 813 g/mol. The number of hydrogen-bond donors (Lipinski definition) is 2. The molecule has 4 aliphatic rings. The number of carbonyl (C=O) groups excluding carboxylic acids is 2. The van der Waals surface area contributed by atoms with Crippen LogP contribution in [0.3, 0.4) is 0 Å². The van der Waals surface area contributed by atoms with Gasteiger partial charge in [0.25, 0.3) is 0 Å². The molecule has 2 atom stereocenters. The molecule has 0 bridgehead atoms. The Morgan fingerprint density at radius 3 is 1.38 bits per heavy atom. The number of benzene rings is 5. The molecule has 4 aliphatic heterocycles. The molecule has 2 unspecified atom stereocenters. The highest BCUT2D eigenvalue weighted by Crippen LogP contribution is 2.58. The topological polar surface area (TPSA) is 160 Å². The zero-order valence-electron chi connectivity index (χ0n) is 36.9. The average molecular weight is 861 g/mol. The van der Waals surface area contributed by atoms with E-state index in [0.717, 1.165) is 33.6 Å². The molecule has 2 spiro atoms. The number of methoxy groups -OCH3 is 2. The van der Waals surface area contributed by atoms with Crippen molar-refractivity contribution in [3.8, 4) is 23.0 Å². The molecule has 5 aromatic rings. The lowest BCUT2D eigenvalue weighted by Crippen LogP contribution is -2.61. The Kier molecular flexibility index (Phi) is 9.88. The van der Waals surface area contributed by atoms with Crippen molar-refractivity contribution < 1.29 is 28.5 Å². The fourth-order valence-electron chi connectivity index (χ4n) is 9.89. The zero-order chi connectivity index (χ0) is 45.3. The summed E-state index contributed by atoms with van der Waals surface area (Å²) in [6, 6.07) is 25.9. The van der Waals surface area contributed by atoms with Crippen LogP contribution in [0.15, 0.2) is 107 Å². The highest BCUT2D eigenvalue weighted by Gasteiger charge is 2.61. The SMILES string of the molecule is COc1cc(N=O)cc2c1OC1(C=C2)N(CC(=O)Nc2cc(C)c(NC(=O)CN3c4ccccc4C(C)(C)C34C=Cc3cc(N=O)cc(OC)c3O4)cc2C)c2ccccc2C1(C)C. The molecule has 0 aliphatic carbocycles. The van der Waals surface area contributed by atoms with E-state index in [2.05, 4.69) is 48.7 Å². The predicted molar refractivity (Wildman–Crippen MR) is 248 cm³/mol. The van der Waals surface area contributed by atoms with Gasteiger partial charge in [-0.3, -0.25) is 9.59 Å². The number of ether oxygens (including phenoxy) is 4. The third-order valence-corrected chi connectivity index (χ3v) is 13.3. The van der Waals surface area contributed by atoms with E-state index in [4.69, 9.17) is 18.9 Å². The van der Waals surface area contributed by atoms with Gasteiger partial charge in [-0.25, -0.2) is 0 Å². The van der Waals surface area contributed by atoms with E-state index in [0.29, 0.717) is 45.5 Å². The van der Waals surface area contributed by atoms with Crippen molar-refractivity contribution in [3.05, 3.63) is 140 Å². The van der Waals surface area contributed by atoms with Crippen molar-refractivity contribution in [1.29, 1.82) is 0 Å². The van der Waals surface area contributed by atoms with Crippen molar-refractivity contribution in [3.63, 3.8) is 0 Å². The number of anilines is 4.